The number of nitrogens with zero attached hydrogens (tertiary/aromatic N) is 2. The topological polar surface area (TPSA) is 24.7 Å². The van der Waals surface area contributed by atoms with Gasteiger partial charge in [-0.1, -0.05) is 63.8 Å². The molecule has 0 radical (unpaired) electrons. The van der Waals surface area contributed by atoms with E-state index in [4.69, 9.17) is 0 Å². The zero-order chi connectivity index (χ0) is 14.5. The summed E-state index contributed by atoms with van der Waals surface area (Å²) in [6.07, 6.45) is 21.0. The van der Waals surface area contributed by atoms with E-state index in [1.54, 1.807) is 0 Å². The Morgan fingerprint density at radius 1 is 0.750 bits per heavy atom. The fourth-order valence-electron chi connectivity index (χ4n) is 2.45. The van der Waals surface area contributed by atoms with Crippen molar-refractivity contribution in [2.24, 2.45) is 10.2 Å². The average molecular weight is 276 g/mol. The van der Waals surface area contributed by atoms with E-state index in [2.05, 4.69) is 48.4 Å². The van der Waals surface area contributed by atoms with Crippen LogP contribution in [0, 0.1) is 0 Å². The molecular formula is C18H32N2. The first-order chi connectivity index (χ1) is 9.86. The highest BCUT2D eigenvalue weighted by Crippen LogP contribution is 2.16. The second-order valence-electron chi connectivity index (χ2n) is 5.81. The molecule has 0 fully saturated rings. The number of hydrogen-bond acceptors (Lipinski definition) is 2. The molecule has 0 aromatic carbocycles. The van der Waals surface area contributed by atoms with Crippen LogP contribution in [0.3, 0.4) is 0 Å². The van der Waals surface area contributed by atoms with Gasteiger partial charge in [0.1, 0.15) is 0 Å². The minimum atomic E-state index is 0.402. The zero-order valence-corrected chi connectivity index (χ0v) is 13.4. The summed E-state index contributed by atoms with van der Waals surface area (Å²) in [5.41, 5.74) is 0. The smallest absolute Gasteiger partial charge is 0.0742 e. The Morgan fingerprint density at radius 3 is 1.60 bits per heavy atom. The first kappa shape index (κ1) is 17.1. The van der Waals surface area contributed by atoms with Gasteiger partial charge in [-0.3, -0.25) is 0 Å². The van der Waals surface area contributed by atoms with Gasteiger partial charge in [-0.15, -0.1) is 0 Å². The van der Waals surface area contributed by atoms with E-state index in [1.807, 2.05) is 0 Å². The van der Waals surface area contributed by atoms with E-state index in [-0.39, 0.29) is 0 Å². The standard InChI is InChI=1S/C18H32N2/c1-3-5-13-17-15-11-9-7-8-10-12-16-18(20-19-17)14-6-4-2/h9-12,17-18H,3-8,13-16H2,1-2H3/b11-9+,12-10+,20-19?. The minimum Gasteiger partial charge on any atom is -0.190 e. The second-order valence-corrected chi connectivity index (χ2v) is 5.81. The maximum atomic E-state index is 4.67. The molecule has 0 aliphatic carbocycles. The largest absolute Gasteiger partial charge is 0.190 e. The van der Waals surface area contributed by atoms with Gasteiger partial charge >= 0.3 is 0 Å². The average Bonchev–Trinajstić information content (AvgIpc) is 2.46. The number of azo groups is 1. The van der Waals surface area contributed by atoms with Gasteiger partial charge in [-0.05, 0) is 38.5 Å². The molecule has 0 saturated carbocycles. The molecule has 2 heteroatoms. The Balaban J connectivity index is 2.62. The molecule has 0 spiro atoms. The molecule has 0 aromatic heterocycles. The lowest BCUT2D eigenvalue weighted by Gasteiger charge is -2.12. The Morgan fingerprint density at radius 2 is 1.20 bits per heavy atom. The van der Waals surface area contributed by atoms with Crippen molar-refractivity contribution in [2.45, 2.75) is 90.1 Å². The summed E-state index contributed by atoms with van der Waals surface area (Å²) >= 11 is 0. The fourth-order valence-corrected chi connectivity index (χ4v) is 2.45. The highest BCUT2D eigenvalue weighted by atomic mass is 15.1. The fraction of sp³-hybridized carbons (Fsp3) is 0.778. The van der Waals surface area contributed by atoms with Crippen LogP contribution < -0.4 is 0 Å². The maximum absolute atomic E-state index is 4.67. The maximum Gasteiger partial charge on any atom is 0.0742 e. The van der Waals surface area contributed by atoms with Crippen LogP contribution in [0.1, 0.15) is 78.1 Å². The lowest BCUT2D eigenvalue weighted by atomic mass is 10.1. The van der Waals surface area contributed by atoms with Crippen molar-refractivity contribution < 1.29 is 0 Å². The summed E-state index contributed by atoms with van der Waals surface area (Å²) in [4.78, 5) is 0. The van der Waals surface area contributed by atoms with E-state index in [1.165, 1.54) is 38.5 Å². The van der Waals surface area contributed by atoms with Crippen LogP contribution in [0.4, 0.5) is 0 Å². The Hall–Kier alpha value is -0.920. The normalized spacial score (nSPS) is 27.5. The summed E-state index contributed by atoms with van der Waals surface area (Å²) in [5, 5.41) is 9.34. The molecule has 2 atom stereocenters. The Labute approximate surface area is 125 Å². The molecule has 1 aliphatic heterocycles. The molecule has 1 rings (SSSR count). The van der Waals surface area contributed by atoms with Gasteiger partial charge in [0.05, 0.1) is 12.1 Å². The summed E-state index contributed by atoms with van der Waals surface area (Å²) in [5.74, 6) is 0. The quantitative estimate of drug-likeness (QED) is 0.513. The highest BCUT2D eigenvalue weighted by molar-refractivity contribution is 4.92. The SMILES string of the molecule is CCCCC1C/C=C/CC/C=C/CC(CCCC)N=N1. The first-order valence-electron chi connectivity index (χ1n) is 8.56. The van der Waals surface area contributed by atoms with Crippen molar-refractivity contribution in [2.75, 3.05) is 0 Å². The van der Waals surface area contributed by atoms with E-state index >= 15 is 0 Å². The predicted octanol–water partition coefficient (Wildman–Crippen LogP) is 6.24. The molecule has 2 unspecified atom stereocenters. The van der Waals surface area contributed by atoms with Crippen molar-refractivity contribution in [1.82, 2.24) is 0 Å². The molecule has 1 aliphatic rings. The van der Waals surface area contributed by atoms with Crippen molar-refractivity contribution in [1.29, 1.82) is 0 Å². The molecule has 0 aromatic rings. The molecule has 0 bridgehead atoms. The van der Waals surface area contributed by atoms with Gasteiger partial charge in [0.25, 0.3) is 0 Å². The lowest BCUT2D eigenvalue weighted by molar-refractivity contribution is 0.503. The van der Waals surface area contributed by atoms with E-state index in [0.717, 1.165) is 25.7 Å². The summed E-state index contributed by atoms with van der Waals surface area (Å²) in [6, 6.07) is 0.803. The van der Waals surface area contributed by atoms with Crippen LogP contribution in [0.2, 0.25) is 0 Å². The molecule has 0 saturated heterocycles. The summed E-state index contributed by atoms with van der Waals surface area (Å²) in [6.45, 7) is 4.49. The zero-order valence-electron chi connectivity index (χ0n) is 13.4. The van der Waals surface area contributed by atoms with Crippen LogP contribution in [-0.2, 0) is 0 Å². The van der Waals surface area contributed by atoms with Gasteiger partial charge in [0.15, 0.2) is 0 Å². The van der Waals surface area contributed by atoms with Gasteiger partial charge in [-0.25, -0.2) is 0 Å². The number of rotatable bonds is 6. The van der Waals surface area contributed by atoms with Crippen LogP contribution in [0.5, 0.6) is 0 Å². The van der Waals surface area contributed by atoms with Gasteiger partial charge in [-0.2, -0.15) is 10.2 Å². The number of hydrogen-bond donors (Lipinski definition) is 0. The Bertz CT molecular complexity index is 275. The van der Waals surface area contributed by atoms with Gasteiger partial charge in [0.2, 0.25) is 0 Å². The van der Waals surface area contributed by atoms with Crippen molar-refractivity contribution in [3.05, 3.63) is 24.3 Å². The molecule has 0 N–H and O–H groups in total. The third kappa shape index (κ3) is 8.29. The predicted molar refractivity (Wildman–Crippen MR) is 88.2 cm³/mol. The van der Waals surface area contributed by atoms with E-state index in [9.17, 15) is 0 Å². The molecule has 2 nitrogen and oxygen atoms in total. The van der Waals surface area contributed by atoms with Crippen LogP contribution in [0.25, 0.3) is 0 Å². The monoisotopic (exact) mass is 276 g/mol. The number of allylic oxidation sites excluding steroid dienone is 2. The van der Waals surface area contributed by atoms with E-state index in [0.29, 0.717) is 12.1 Å². The lowest BCUT2D eigenvalue weighted by Crippen LogP contribution is -2.07. The molecule has 20 heavy (non-hydrogen) atoms. The van der Waals surface area contributed by atoms with Crippen molar-refractivity contribution in [3.63, 3.8) is 0 Å². The Kier molecular flexibility index (Phi) is 10.2. The molecular weight excluding hydrogens is 244 g/mol. The van der Waals surface area contributed by atoms with Crippen molar-refractivity contribution >= 4 is 0 Å². The van der Waals surface area contributed by atoms with Gasteiger partial charge < -0.3 is 0 Å². The van der Waals surface area contributed by atoms with Crippen molar-refractivity contribution in [3.8, 4) is 0 Å². The van der Waals surface area contributed by atoms with E-state index < -0.39 is 0 Å². The van der Waals surface area contributed by atoms with Crippen LogP contribution >= 0.6 is 0 Å². The first-order valence-corrected chi connectivity index (χ1v) is 8.56. The van der Waals surface area contributed by atoms with Gasteiger partial charge in [0, 0.05) is 0 Å². The van der Waals surface area contributed by atoms with Crippen LogP contribution in [0.15, 0.2) is 34.5 Å². The highest BCUT2D eigenvalue weighted by Gasteiger charge is 2.08. The minimum absolute atomic E-state index is 0.402. The van der Waals surface area contributed by atoms with Crippen LogP contribution in [-0.4, -0.2) is 12.1 Å². The number of unbranched alkanes of at least 4 members (excludes halogenated alkanes) is 2. The molecule has 1 heterocycles. The molecule has 0 amide bonds. The third-order valence-corrected chi connectivity index (χ3v) is 3.82. The summed E-state index contributed by atoms with van der Waals surface area (Å²) < 4.78 is 0. The molecule has 114 valence electrons. The third-order valence-electron chi connectivity index (χ3n) is 3.82. The summed E-state index contributed by atoms with van der Waals surface area (Å²) in [7, 11) is 0. The second kappa shape index (κ2) is 11.9.